The molecule has 6 nitrogen and oxygen atoms in total. The van der Waals surface area contributed by atoms with Gasteiger partial charge in [-0.3, -0.25) is 0 Å². The Kier molecular flexibility index (Phi) is 3.90. The van der Waals surface area contributed by atoms with Gasteiger partial charge >= 0.3 is 6.09 Å². The van der Waals surface area contributed by atoms with E-state index in [4.69, 9.17) is 9.84 Å². The van der Waals surface area contributed by atoms with Crippen LogP contribution < -0.4 is 5.32 Å². The Balaban J connectivity index is 2.65. The van der Waals surface area contributed by atoms with Crippen molar-refractivity contribution in [2.45, 2.75) is 32.9 Å². The highest BCUT2D eigenvalue weighted by molar-refractivity contribution is 5.68. The minimum absolute atomic E-state index is 0.0193. The fourth-order valence-electron chi connectivity index (χ4n) is 1.24. The van der Waals surface area contributed by atoms with E-state index in [1.54, 1.807) is 20.8 Å². The Labute approximate surface area is 105 Å². The van der Waals surface area contributed by atoms with E-state index >= 15 is 0 Å². The zero-order chi connectivity index (χ0) is 13.9. The van der Waals surface area contributed by atoms with E-state index in [2.05, 4.69) is 5.32 Å². The highest BCUT2D eigenvalue weighted by Gasteiger charge is 2.17. The Morgan fingerprint density at radius 3 is 2.39 bits per heavy atom. The lowest BCUT2D eigenvalue weighted by atomic mass is 10.1. The minimum atomic E-state index is -0.630. The van der Waals surface area contributed by atoms with Crippen LogP contribution in [0.3, 0.4) is 0 Å². The smallest absolute Gasteiger partial charge is 0.407 e. The number of carbonyl (C=O) groups excluding carboxylic acids is 1. The van der Waals surface area contributed by atoms with Crippen LogP contribution in [0.1, 0.15) is 26.3 Å². The largest absolute Gasteiger partial charge is 0.504 e. The van der Waals surface area contributed by atoms with Crippen LogP contribution in [0.4, 0.5) is 4.79 Å². The molecule has 1 rings (SSSR count). The van der Waals surface area contributed by atoms with Gasteiger partial charge in [-0.1, -0.05) is 0 Å². The standard InChI is InChI=1S/C12H17NO5/c1-12(2,3)18-11(17)13-6-7-4-5-8(14)10(16)9(7)15/h4-5,14-16H,6H2,1-3H3,(H,13,17). The Hall–Kier alpha value is -2.11. The van der Waals surface area contributed by atoms with Crippen LogP contribution in [0.15, 0.2) is 12.1 Å². The maximum atomic E-state index is 11.4. The van der Waals surface area contributed by atoms with Gasteiger partial charge in [-0.15, -0.1) is 0 Å². The van der Waals surface area contributed by atoms with E-state index in [-0.39, 0.29) is 12.1 Å². The van der Waals surface area contributed by atoms with Crippen LogP contribution in [-0.4, -0.2) is 27.0 Å². The molecule has 1 aromatic rings. The molecule has 0 aliphatic rings. The number of alkyl carbamates (subject to hydrolysis) is 1. The van der Waals surface area contributed by atoms with Gasteiger partial charge in [0.25, 0.3) is 0 Å². The predicted molar refractivity (Wildman–Crippen MR) is 64.5 cm³/mol. The summed E-state index contributed by atoms with van der Waals surface area (Å²) >= 11 is 0. The third-order valence-corrected chi connectivity index (χ3v) is 2.04. The van der Waals surface area contributed by atoms with Gasteiger partial charge in [-0.2, -0.15) is 0 Å². The summed E-state index contributed by atoms with van der Waals surface area (Å²) in [5, 5.41) is 30.4. The summed E-state index contributed by atoms with van der Waals surface area (Å²) in [7, 11) is 0. The van der Waals surface area contributed by atoms with Gasteiger partial charge in [0.2, 0.25) is 5.75 Å². The number of hydrogen-bond acceptors (Lipinski definition) is 5. The van der Waals surface area contributed by atoms with Gasteiger partial charge in [0.05, 0.1) is 0 Å². The Bertz CT molecular complexity index is 451. The second-order valence-corrected chi connectivity index (χ2v) is 4.80. The second-order valence-electron chi connectivity index (χ2n) is 4.80. The molecule has 0 heterocycles. The molecule has 0 bridgehead atoms. The highest BCUT2D eigenvalue weighted by Crippen LogP contribution is 2.36. The van der Waals surface area contributed by atoms with Crippen molar-refractivity contribution < 1.29 is 24.9 Å². The molecule has 18 heavy (non-hydrogen) atoms. The summed E-state index contributed by atoms with van der Waals surface area (Å²) in [6.45, 7) is 5.18. The summed E-state index contributed by atoms with van der Waals surface area (Å²) in [5.74, 6) is -1.50. The molecule has 0 fully saturated rings. The fourth-order valence-corrected chi connectivity index (χ4v) is 1.24. The Morgan fingerprint density at radius 1 is 1.22 bits per heavy atom. The molecule has 1 amide bonds. The molecular formula is C12H17NO5. The number of carbonyl (C=O) groups is 1. The summed E-state index contributed by atoms with van der Waals surface area (Å²) < 4.78 is 5.01. The van der Waals surface area contributed by atoms with Crippen molar-refractivity contribution in [2.24, 2.45) is 0 Å². The van der Waals surface area contributed by atoms with E-state index in [0.717, 1.165) is 0 Å². The van der Waals surface area contributed by atoms with Crippen molar-refractivity contribution in [3.63, 3.8) is 0 Å². The third-order valence-electron chi connectivity index (χ3n) is 2.04. The SMILES string of the molecule is CC(C)(C)OC(=O)NCc1ccc(O)c(O)c1O. The lowest BCUT2D eigenvalue weighted by Gasteiger charge is -2.19. The van der Waals surface area contributed by atoms with Crippen LogP contribution in [0.25, 0.3) is 0 Å². The van der Waals surface area contributed by atoms with Crippen molar-refractivity contribution in [3.8, 4) is 17.2 Å². The number of aromatic hydroxyl groups is 3. The average Bonchev–Trinajstić information content (AvgIpc) is 2.22. The molecule has 4 N–H and O–H groups in total. The summed E-state index contributed by atoms with van der Waals surface area (Å²) in [6, 6.07) is 2.61. The third kappa shape index (κ3) is 3.73. The average molecular weight is 255 g/mol. The van der Waals surface area contributed by atoms with E-state index in [9.17, 15) is 15.0 Å². The van der Waals surface area contributed by atoms with Gasteiger partial charge < -0.3 is 25.4 Å². The van der Waals surface area contributed by atoms with E-state index < -0.39 is 28.9 Å². The van der Waals surface area contributed by atoms with Gasteiger partial charge in [-0.25, -0.2) is 4.79 Å². The molecule has 0 atom stereocenters. The maximum Gasteiger partial charge on any atom is 0.407 e. The summed E-state index contributed by atoms with van der Waals surface area (Å²) in [5.41, 5.74) is -0.334. The number of hydrogen-bond donors (Lipinski definition) is 4. The maximum absolute atomic E-state index is 11.4. The van der Waals surface area contributed by atoms with Crippen molar-refractivity contribution in [1.82, 2.24) is 5.32 Å². The first-order valence-electron chi connectivity index (χ1n) is 5.40. The molecule has 0 saturated carbocycles. The molecule has 1 aromatic carbocycles. The van der Waals surface area contributed by atoms with Crippen molar-refractivity contribution in [2.75, 3.05) is 0 Å². The number of nitrogens with one attached hydrogen (secondary N) is 1. The highest BCUT2D eigenvalue weighted by atomic mass is 16.6. The molecule has 0 unspecified atom stereocenters. The zero-order valence-corrected chi connectivity index (χ0v) is 10.5. The number of phenolic OH excluding ortho intramolecular Hbond substituents is 3. The van der Waals surface area contributed by atoms with Crippen LogP contribution in [0, 0.1) is 0 Å². The summed E-state index contributed by atoms with van der Waals surface area (Å²) in [6.07, 6.45) is -0.630. The lowest BCUT2D eigenvalue weighted by molar-refractivity contribution is 0.0523. The van der Waals surface area contributed by atoms with Crippen molar-refractivity contribution in [3.05, 3.63) is 17.7 Å². The normalized spacial score (nSPS) is 11.1. The first-order valence-corrected chi connectivity index (χ1v) is 5.40. The van der Waals surface area contributed by atoms with Crippen LogP contribution in [0.2, 0.25) is 0 Å². The lowest BCUT2D eigenvalue weighted by Crippen LogP contribution is -2.32. The zero-order valence-electron chi connectivity index (χ0n) is 10.5. The van der Waals surface area contributed by atoms with Gasteiger partial charge in [0, 0.05) is 12.1 Å². The topological polar surface area (TPSA) is 99.0 Å². The number of phenols is 3. The first kappa shape index (κ1) is 14.0. The molecule has 0 saturated heterocycles. The fraction of sp³-hybridized carbons (Fsp3) is 0.417. The van der Waals surface area contributed by atoms with Crippen molar-refractivity contribution in [1.29, 1.82) is 0 Å². The van der Waals surface area contributed by atoms with Gasteiger partial charge in [-0.05, 0) is 32.9 Å². The molecule has 100 valence electrons. The monoisotopic (exact) mass is 255 g/mol. The van der Waals surface area contributed by atoms with Crippen LogP contribution in [-0.2, 0) is 11.3 Å². The number of rotatable bonds is 2. The molecule has 0 aliphatic heterocycles. The molecule has 6 heteroatoms. The number of amides is 1. The predicted octanol–water partition coefficient (Wildman–Crippen LogP) is 1.83. The molecular weight excluding hydrogens is 238 g/mol. The molecule has 0 radical (unpaired) electrons. The molecule has 0 aliphatic carbocycles. The summed E-state index contributed by atoms with van der Waals surface area (Å²) in [4.78, 5) is 11.4. The van der Waals surface area contributed by atoms with E-state index in [1.165, 1.54) is 12.1 Å². The first-order chi connectivity index (χ1) is 8.20. The minimum Gasteiger partial charge on any atom is -0.504 e. The Morgan fingerprint density at radius 2 is 1.83 bits per heavy atom. The van der Waals surface area contributed by atoms with Gasteiger partial charge in [0.15, 0.2) is 11.5 Å². The van der Waals surface area contributed by atoms with Crippen LogP contribution >= 0.6 is 0 Å². The quantitative estimate of drug-likeness (QED) is 0.604. The number of ether oxygens (including phenoxy) is 1. The van der Waals surface area contributed by atoms with Crippen molar-refractivity contribution >= 4 is 6.09 Å². The number of benzene rings is 1. The van der Waals surface area contributed by atoms with E-state index in [1.807, 2.05) is 0 Å². The van der Waals surface area contributed by atoms with E-state index in [0.29, 0.717) is 0 Å². The van der Waals surface area contributed by atoms with Crippen LogP contribution in [0.5, 0.6) is 17.2 Å². The van der Waals surface area contributed by atoms with Gasteiger partial charge in [0.1, 0.15) is 5.60 Å². The second kappa shape index (κ2) is 5.03. The molecule has 0 spiro atoms. The molecule has 0 aromatic heterocycles.